The van der Waals surface area contributed by atoms with Gasteiger partial charge in [0.05, 0.1) is 5.69 Å². The molecule has 0 bridgehead atoms. The van der Waals surface area contributed by atoms with Gasteiger partial charge in [-0.2, -0.15) is 0 Å². The van der Waals surface area contributed by atoms with Crippen molar-refractivity contribution in [1.82, 2.24) is 4.98 Å². The Labute approximate surface area is 143 Å². The fraction of sp³-hybridized carbons (Fsp3) is 0.111. The first kappa shape index (κ1) is 14.8. The molecule has 2 aromatic carbocycles. The lowest BCUT2D eigenvalue weighted by atomic mass is 10.1. The molecule has 116 valence electrons. The molecule has 1 aromatic heterocycles. The molecule has 3 aromatic rings. The summed E-state index contributed by atoms with van der Waals surface area (Å²) in [6.07, 6.45) is 1.08. The molecule has 0 amide bonds. The minimum absolute atomic E-state index is 0.335. The van der Waals surface area contributed by atoms with E-state index in [-0.39, 0.29) is 6.29 Å². The molecule has 0 saturated carbocycles. The molecular weight excluding hydrogens is 333 g/mol. The molecule has 5 heteroatoms. The molecule has 0 unspecified atom stereocenters. The number of hydrogen-bond donors (Lipinski definition) is 1. The SMILES string of the molecule is Clc1ccc(-c2cc[nH]c2C2OC(c3ccccc3)O2)c(Cl)c1. The quantitative estimate of drug-likeness (QED) is 0.657. The average molecular weight is 346 g/mol. The second-order valence-corrected chi connectivity index (χ2v) is 6.12. The Morgan fingerprint density at radius 2 is 1.61 bits per heavy atom. The lowest BCUT2D eigenvalue weighted by Gasteiger charge is -2.36. The van der Waals surface area contributed by atoms with Crippen molar-refractivity contribution in [3.05, 3.63) is 82.1 Å². The molecule has 1 aliphatic heterocycles. The summed E-state index contributed by atoms with van der Waals surface area (Å²) in [6, 6.07) is 17.2. The fourth-order valence-electron chi connectivity index (χ4n) is 2.66. The van der Waals surface area contributed by atoms with Gasteiger partial charge in [0.2, 0.25) is 6.29 Å². The summed E-state index contributed by atoms with van der Waals surface area (Å²) in [4.78, 5) is 3.18. The zero-order valence-electron chi connectivity index (χ0n) is 12.0. The van der Waals surface area contributed by atoms with E-state index < -0.39 is 6.29 Å². The average Bonchev–Trinajstić information content (AvgIpc) is 2.96. The van der Waals surface area contributed by atoms with Gasteiger partial charge in [-0.25, -0.2) is 0 Å². The summed E-state index contributed by atoms with van der Waals surface area (Å²) in [6.45, 7) is 0. The van der Waals surface area contributed by atoms with Crippen LogP contribution in [0.5, 0.6) is 0 Å². The van der Waals surface area contributed by atoms with Gasteiger partial charge in [-0.3, -0.25) is 0 Å². The summed E-state index contributed by atoms with van der Waals surface area (Å²) < 4.78 is 11.7. The van der Waals surface area contributed by atoms with Gasteiger partial charge < -0.3 is 14.5 Å². The molecule has 0 atom stereocenters. The highest BCUT2D eigenvalue weighted by atomic mass is 35.5. The maximum atomic E-state index is 6.30. The second-order valence-electron chi connectivity index (χ2n) is 5.28. The molecule has 0 radical (unpaired) electrons. The Balaban J connectivity index is 1.57. The van der Waals surface area contributed by atoms with Crippen LogP contribution in [0.1, 0.15) is 23.8 Å². The zero-order valence-corrected chi connectivity index (χ0v) is 13.5. The lowest BCUT2D eigenvalue weighted by Crippen LogP contribution is -2.27. The summed E-state index contributed by atoms with van der Waals surface area (Å²) in [5.74, 6) is 0. The van der Waals surface area contributed by atoms with E-state index in [1.54, 1.807) is 6.07 Å². The Morgan fingerprint density at radius 3 is 2.35 bits per heavy atom. The van der Waals surface area contributed by atoms with E-state index in [0.29, 0.717) is 10.0 Å². The van der Waals surface area contributed by atoms with E-state index in [1.165, 1.54) is 0 Å². The normalized spacial score (nSPS) is 20.3. The first-order valence-corrected chi connectivity index (χ1v) is 7.96. The van der Waals surface area contributed by atoms with Crippen molar-refractivity contribution < 1.29 is 9.47 Å². The number of H-pyrrole nitrogens is 1. The van der Waals surface area contributed by atoms with Gasteiger partial charge in [-0.15, -0.1) is 0 Å². The van der Waals surface area contributed by atoms with E-state index >= 15 is 0 Å². The van der Waals surface area contributed by atoms with Crippen molar-refractivity contribution in [2.24, 2.45) is 0 Å². The number of benzene rings is 2. The van der Waals surface area contributed by atoms with Gasteiger partial charge in [-0.1, -0.05) is 59.6 Å². The van der Waals surface area contributed by atoms with Crippen LogP contribution in [0.25, 0.3) is 11.1 Å². The molecule has 0 aliphatic carbocycles. The minimum Gasteiger partial charge on any atom is -0.360 e. The molecule has 0 spiro atoms. The highest BCUT2D eigenvalue weighted by molar-refractivity contribution is 6.36. The number of halogens is 2. The maximum Gasteiger partial charge on any atom is 0.205 e. The minimum atomic E-state index is -0.433. The first-order valence-electron chi connectivity index (χ1n) is 7.21. The second kappa shape index (κ2) is 6.02. The fourth-order valence-corrected chi connectivity index (χ4v) is 3.17. The highest BCUT2D eigenvalue weighted by Crippen LogP contribution is 2.44. The molecule has 1 fully saturated rings. The van der Waals surface area contributed by atoms with Crippen LogP contribution >= 0.6 is 23.2 Å². The lowest BCUT2D eigenvalue weighted by molar-refractivity contribution is -0.398. The third-order valence-electron chi connectivity index (χ3n) is 3.80. The molecule has 1 aliphatic rings. The van der Waals surface area contributed by atoms with E-state index in [0.717, 1.165) is 22.4 Å². The van der Waals surface area contributed by atoms with Crippen LogP contribution in [0, 0.1) is 0 Å². The van der Waals surface area contributed by atoms with Gasteiger partial charge in [0.15, 0.2) is 6.29 Å². The maximum absolute atomic E-state index is 6.30. The summed E-state index contributed by atoms with van der Waals surface area (Å²) in [7, 11) is 0. The molecule has 1 saturated heterocycles. The standard InChI is InChI=1S/C18H13Cl2NO2/c19-12-6-7-13(15(20)10-12)14-8-9-21-16(14)18-22-17(23-18)11-4-2-1-3-5-11/h1-10,17-18,21H. The third-order valence-corrected chi connectivity index (χ3v) is 4.35. The van der Waals surface area contributed by atoms with E-state index in [4.69, 9.17) is 32.7 Å². The van der Waals surface area contributed by atoms with Gasteiger partial charge in [0.1, 0.15) is 0 Å². The van der Waals surface area contributed by atoms with Gasteiger partial charge in [0, 0.05) is 32.9 Å². The van der Waals surface area contributed by atoms with Gasteiger partial charge >= 0.3 is 0 Å². The van der Waals surface area contributed by atoms with Crippen molar-refractivity contribution in [2.75, 3.05) is 0 Å². The first-order chi connectivity index (χ1) is 11.2. The van der Waals surface area contributed by atoms with Crippen molar-refractivity contribution in [3.8, 4) is 11.1 Å². The number of ether oxygens (including phenoxy) is 2. The number of hydrogen-bond acceptors (Lipinski definition) is 2. The van der Waals surface area contributed by atoms with Crippen LogP contribution in [-0.4, -0.2) is 4.98 Å². The number of rotatable bonds is 3. The number of aromatic nitrogens is 1. The predicted octanol–water partition coefficient (Wildman–Crippen LogP) is 5.73. The summed E-state index contributed by atoms with van der Waals surface area (Å²) in [5.41, 5.74) is 3.69. The molecular formula is C18H13Cl2NO2. The van der Waals surface area contributed by atoms with Crippen molar-refractivity contribution >= 4 is 23.2 Å². The van der Waals surface area contributed by atoms with Crippen molar-refractivity contribution in [3.63, 3.8) is 0 Å². The molecule has 2 heterocycles. The Hall–Kier alpha value is -1.78. The smallest absolute Gasteiger partial charge is 0.205 e. The number of nitrogens with one attached hydrogen (secondary N) is 1. The Bertz CT molecular complexity index is 826. The van der Waals surface area contributed by atoms with Crippen LogP contribution in [0.2, 0.25) is 10.0 Å². The summed E-state index contributed by atoms with van der Waals surface area (Å²) in [5, 5.41) is 1.20. The molecule has 3 nitrogen and oxygen atoms in total. The number of aromatic amines is 1. The van der Waals surface area contributed by atoms with Crippen molar-refractivity contribution in [2.45, 2.75) is 12.6 Å². The predicted molar refractivity (Wildman–Crippen MR) is 90.3 cm³/mol. The largest absolute Gasteiger partial charge is 0.360 e. The monoisotopic (exact) mass is 345 g/mol. The van der Waals surface area contributed by atoms with Crippen molar-refractivity contribution in [1.29, 1.82) is 0 Å². The topological polar surface area (TPSA) is 34.2 Å². The van der Waals surface area contributed by atoms with Gasteiger partial charge in [0.25, 0.3) is 0 Å². The van der Waals surface area contributed by atoms with Gasteiger partial charge in [-0.05, 0) is 18.2 Å². The summed E-state index contributed by atoms with van der Waals surface area (Å²) >= 11 is 12.3. The van der Waals surface area contributed by atoms with Crippen LogP contribution in [-0.2, 0) is 9.47 Å². The van der Waals surface area contributed by atoms with Crippen LogP contribution in [0.3, 0.4) is 0 Å². The molecule has 1 N–H and O–H groups in total. The van der Waals surface area contributed by atoms with E-state index in [2.05, 4.69) is 4.98 Å². The highest BCUT2D eigenvalue weighted by Gasteiger charge is 2.35. The van der Waals surface area contributed by atoms with E-state index in [9.17, 15) is 0 Å². The van der Waals surface area contributed by atoms with Crippen LogP contribution in [0.15, 0.2) is 60.8 Å². The molecule has 4 rings (SSSR count). The zero-order chi connectivity index (χ0) is 15.8. The van der Waals surface area contributed by atoms with Crippen LogP contribution < -0.4 is 0 Å². The third kappa shape index (κ3) is 2.77. The van der Waals surface area contributed by atoms with Crippen LogP contribution in [0.4, 0.5) is 0 Å². The Kier molecular flexibility index (Phi) is 3.87. The Morgan fingerprint density at radius 1 is 0.826 bits per heavy atom. The molecule has 23 heavy (non-hydrogen) atoms. The van der Waals surface area contributed by atoms with E-state index in [1.807, 2.05) is 54.7 Å².